The number of aryl methyl sites for hydroxylation is 3. The van der Waals surface area contributed by atoms with Gasteiger partial charge in [0.2, 0.25) is 0 Å². The molecule has 1 aromatic heterocycles. The Hall–Kier alpha value is -1.59. The average molecular weight is 311 g/mol. The summed E-state index contributed by atoms with van der Waals surface area (Å²) in [5, 5.41) is 13.3. The van der Waals surface area contributed by atoms with Gasteiger partial charge in [0.25, 0.3) is 0 Å². The minimum Gasteiger partial charge on any atom is -0.481 e. The summed E-state index contributed by atoms with van der Waals surface area (Å²) in [4.78, 5) is 15.9. The molecule has 0 atom stereocenters. The van der Waals surface area contributed by atoms with E-state index in [9.17, 15) is 4.79 Å². The summed E-state index contributed by atoms with van der Waals surface area (Å²) in [5.74, 6) is -0.854. The van der Waals surface area contributed by atoms with Crippen LogP contribution in [0.3, 0.4) is 0 Å². The van der Waals surface area contributed by atoms with Crippen molar-refractivity contribution < 1.29 is 9.90 Å². The summed E-state index contributed by atoms with van der Waals surface area (Å²) >= 11 is 7.58. The normalized spacial score (nSPS) is 10.6. The van der Waals surface area contributed by atoms with Gasteiger partial charge in [0.15, 0.2) is 5.13 Å². The van der Waals surface area contributed by atoms with Crippen molar-refractivity contribution in [1.29, 1.82) is 0 Å². The smallest absolute Gasteiger partial charge is 0.308 e. The van der Waals surface area contributed by atoms with Crippen molar-refractivity contribution in [1.82, 2.24) is 4.98 Å². The van der Waals surface area contributed by atoms with Crippen LogP contribution in [-0.2, 0) is 11.2 Å². The third kappa shape index (κ3) is 3.29. The standard InChI is InChI=1S/C14H15ClN2O2S/c1-7-4-8(2)13(10(15)5-7)17-14-16-9(3)11(20-14)6-12(18)19/h4-5H,6H2,1-3H3,(H,16,17)(H,18,19). The van der Waals surface area contributed by atoms with E-state index in [1.165, 1.54) is 11.3 Å². The maximum atomic E-state index is 10.8. The molecule has 1 heterocycles. The van der Waals surface area contributed by atoms with E-state index in [4.69, 9.17) is 16.7 Å². The van der Waals surface area contributed by atoms with Gasteiger partial charge in [-0.2, -0.15) is 0 Å². The Morgan fingerprint density at radius 1 is 1.40 bits per heavy atom. The number of carboxylic acids is 1. The molecule has 0 spiro atoms. The lowest BCUT2D eigenvalue weighted by molar-refractivity contribution is -0.136. The van der Waals surface area contributed by atoms with Crippen molar-refractivity contribution in [2.75, 3.05) is 5.32 Å². The van der Waals surface area contributed by atoms with Crippen LogP contribution in [0.2, 0.25) is 5.02 Å². The first-order valence-electron chi connectivity index (χ1n) is 6.08. The molecule has 0 bridgehead atoms. The van der Waals surface area contributed by atoms with Crippen molar-refractivity contribution in [2.24, 2.45) is 0 Å². The van der Waals surface area contributed by atoms with E-state index in [0.29, 0.717) is 10.2 Å². The number of hydrogen-bond donors (Lipinski definition) is 2. The first kappa shape index (κ1) is 14.8. The lowest BCUT2D eigenvalue weighted by Crippen LogP contribution is -1.99. The fourth-order valence-corrected chi connectivity index (χ4v) is 3.29. The number of hydrogen-bond acceptors (Lipinski definition) is 4. The predicted octanol–water partition coefficient (Wildman–Crippen LogP) is 4.09. The third-order valence-electron chi connectivity index (χ3n) is 2.87. The van der Waals surface area contributed by atoms with Gasteiger partial charge < -0.3 is 10.4 Å². The van der Waals surface area contributed by atoms with E-state index >= 15 is 0 Å². The van der Waals surface area contributed by atoms with Crippen LogP contribution in [0.5, 0.6) is 0 Å². The van der Waals surface area contributed by atoms with Gasteiger partial charge in [0, 0.05) is 4.88 Å². The van der Waals surface area contributed by atoms with Crippen molar-refractivity contribution in [3.63, 3.8) is 0 Å². The highest BCUT2D eigenvalue weighted by molar-refractivity contribution is 7.15. The van der Waals surface area contributed by atoms with Crippen LogP contribution in [0, 0.1) is 20.8 Å². The number of carbonyl (C=O) groups is 1. The quantitative estimate of drug-likeness (QED) is 0.892. The highest BCUT2D eigenvalue weighted by Crippen LogP contribution is 2.32. The van der Waals surface area contributed by atoms with Gasteiger partial charge in [-0.25, -0.2) is 4.98 Å². The van der Waals surface area contributed by atoms with Gasteiger partial charge in [-0.15, -0.1) is 11.3 Å². The highest BCUT2D eigenvalue weighted by Gasteiger charge is 2.13. The fourth-order valence-electron chi connectivity index (χ4n) is 1.96. The molecule has 0 amide bonds. The number of benzene rings is 1. The van der Waals surface area contributed by atoms with Crippen LogP contribution in [-0.4, -0.2) is 16.1 Å². The molecular formula is C14H15ClN2O2S. The number of aromatic nitrogens is 1. The van der Waals surface area contributed by atoms with Gasteiger partial charge in [-0.1, -0.05) is 17.7 Å². The Labute approximate surface area is 126 Å². The number of nitrogens with one attached hydrogen (secondary N) is 1. The lowest BCUT2D eigenvalue weighted by atomic mass is 10.1. The Bertz CT molecular complexity index is 644. The van der Waals surface area contributed by atoms with E-state index in [-0.39, 0.29) is 6.42 Å². The first-order chi connectivity index (χ1) is 9.36. The van der Waals surface area contributed by atoms with E-state index in [1.54, 1.807) is 0 Å². The Morgan fingerprint density at radius 3 is 2.70 bits per heavy atom. The largest absolute Gasteiger partial charge is 0.481 e. The Morgan fingerprint density at radius 2 is 2.10 bits per heavy atom. The van der Waals surface area contributed by atoms with Crippen LogP contribution in [0.1, 0.15) is 21.7 Å². The molecule has 0 saturated heterocycles. The summed E-state index contributed by atoms with van der Waals surface area (Å²) in [6, 6.07) is 3.92. The minimum atomic E-state index is -0.854. The zero-order chi connectivity index (χ0) is 14.9. The zero-order valence-corrected chi connectivity index (χ0v) is 13.0. The van der Waals surface area contributed by atoms with Gasteiger partial charge >= 0.3 is 5.97 Å². The molecule has 0 aliphatic rings. The SMILES string of the molecule is Cc1cc(C)c(Nc2nc(C)c(CC(=O)O)s2)c(Cl)c1. The topological polar surface area (TPSA) is 62.2 Å². The molecule has 2 rings (SSSR count). The molecule has 0 saturated carbocycles. The molecular weight excluding hydrogens is 296 g/mol. The number of halogens is 1. The maximum Gasteiger partial charge on any atom is 0.308 e. The highest BCUT2D eigenvalue weighted by atomic mass is 35.5. The predicted molar refractivity (Wildman–Crippen MR) is 82.4 cm³/mol. The number of carboxylic acid groups (broad SMARTS) is 1. The number of nitrogens with zero attached hydrogens (tertiary/aromatic N) is 1. The molecule has 2 aromatic rings. The second-order valence-electron chi connectivity index (χ2n) is 4.66. The molecule has 2 N–H and O–H groups in total. The first-order valence-corrected chi connectivity index (χ1v) is 7.28. The van der Waals surface area contributed by atoms with E-state index in [1.807, 2.05) is 32.9 Å². The maximum absolute atomic E-state index is 10.8. The molecule has 0 aliphatic heterocycles. The van der Waals surface area contributed by atoms with Crippen LogP contribution in [0.4, 0.5) is 10.8 Å². The van der Waals surface area contributed by atoms with Crippen LogP contribution in [0.25, 0.3) is 0 Å². The molecule has 0 fully saturated rings. The Kier molecular flexibility index (Phi) is 4.30. The lowest BCUT2D eigenvalue weighted by Gasteiger charge is -2.10. The average Bonchev–Trinajstić information content (AvgIpc) is 2.63. The number of aliphatic carboxylic acids is 1. The van der Waals surface area contributed by atoms with Gasteiger partial charge in [0.1, 0.15) is 0 Å². The summed E-state index contributed by atoms with van der Waals surface area (Å²) in [7, 11) is 0. The summed E-state index contributed by atoms with van der Waals surface area (Å²) in [6.45, 7) is 5.77. The van der Waals surface area contributed by atoms with Gasteiger partial charge in [-0.05, 0) is 38.0 Å². The molecule has 0 unspecified atom stereocenters. The monoisotopic (exact) mass is 310 g/mol. The summed E-state index contributed by atoms with van der Waals surface area (Å²) < 4.78 is 0. The molecule has 20 heavy (non-hydrogen) atoms. The van der Waals surface area contributed by atoms with Crippen LogP contribution < -0.4 is 5.32 Å². The third-order valence-corrected chi connectivity index (χ3v) is 4.24. The molecule has 0 aliphatic carbocycles. The fraction of sp³-hybridized carbons (Fsp3) is 0.286. The van der Waals surface area contributed by atoms with Crippen LogP contribution >= 0.6 is 22.9 Å². The van der Waals surface area contributed by atoms with E-state index in [2.05, 4.69) is 10.3 Å². The zero-order valence-electron chi connectivity index (χ0n) is 11.5. The molecule has 6 heteroatoms. The van der Waals surface area contributed by atoms with E-state index in [0.717, 1.165) is 27.4 Å². The number of anilines is 2. The van der Waals surface area contributed by atoms with Crippen molar-refractivity contribution in [3.05, 3.63) is 38.9 Å². The van der Waals surface area contributed by atoms with E-state index < -0.39 is 5.97 Å². The minimum absolute atomic E-state index is 0.00814. The van der Waals surface area contributed by atoms with Crippen molar-refractivity contribution in [3.8, 4) is 0 Å². The summed E-state index contributed by atoms with van der Waals surface area (Å²) in [5.41, 5.74) is 3.68. The number of rotatable bonds is 4. The number of thiazole rings is 1. The second kappa shape index (κ2) is 5.81. The molecule has 0 radical (unpaired) electrons. The van der Waals surface area contributed by atoms with Crippen molar-refractivity contribution >= 4 is 39.7 Å². The summed E-state index contributed by atoms with van der Waals surface area (Å²) in [6.07, 6.45) is -0.00814. The molecule has 106 valence electrons. The second-order valence-corrected chi connectivity index (χ2v) is 6.15. The van der Waals surface area contributed by atoms with Crippen LogP contribution in [0.15, 0.2) is 12.1 Å². The van der Waals surface area contributed by atoms with Gasteiger partial charge in [0.05, 0.1) is 22.8 Å². The Balaban J connectivity index is 2.29. The molecule has 1 aromatic carbocycles. The van der Waals surface area contributed by atoms with Gasteiger partial charge in [-0.3, -0.25) is 4.79 Å². The van der Waals surface area contributed by atoms with Crippen molar-refractivity contribution in [2.45, 2.75) is 27.2 Å². The molecule has 4 nitrogen and oxygen atoms in total.